The van der Waals surface area contributed by atoms with Crippen molar-refractivity contribution >= 4 is 0 Å². The van der Waals surface area contributed by atoms with Gasteiger partial charge in [0.1, 0.15) is 6.10 Å². The van der Waals surface area contributed by atoms with Gasteiger partial charge in [-0.3, -0.25) is 0 Å². The van der Waals surface area contributed by atoms with Crippen LogP contribution in [0.25, 0.3) is 11.5 Å². The molecule has 1 aliphatic rings. The Morgan fingerprint density at radius 2 is 2.12 bits per heavy atom. The number of nitrogens with one attached hydrogen (secondary N) is 1. The van der Waals surface area contributed by atoms with E-state index < -0.39 is 0 Å². The molecule has 2 aromatic rings. The van der Waals surface area contributed by atoms with E-state index in [2.05, 4.69) is 10.3 Å². The highest BCUT2D eigenvalue weighted by molar-refractivity contribution is 5.52. The van der Waals surface area contributed by atoms with Gasteiger partial charge in [0, 0.05) is 18.7 Å². The second-order valence-corrected chi connectivity index (χ2v) is 4.00. The van der Waals surface area contributed by atoms with Gasteiger partial charge in [-0.1, -0.05) is 18.2 Å². The van der Waals surface area contributed by atoms with Crippen molar-refractivity contribution < 1.29 is 9.15 Å². The first kappa shape index (κ1) is 10.5. The normalized spacial score (nSPS) is 20.4. The molecular formula is C13H14N2O2. The molecule has 1 fully saturated rings. The molecule has 0 spiro atoms. The predicted octanol–water partition coefficient (Wildman–Crippen LogP) is 2.00. The van der Waals surface area contributed by atoms with E-state index in [0.717, 1.165) is 24.4 Å². The first-order valence-electron chi connectivity index (χ1n) is 5.77. The van der Waals surface area contributed by atoms with Crippen LogP contribution >= 0.6 is 0 Å². The molecule has 0 bridgehead atoms. The van der Waals surface area contributed by atoms with Crippen LogP contribution in [0.4, 0.5) is 0 Å². The van der Waals surface area contributed by atoms with Crippen molar-refractivity contribution in [3.8, 4) is 11.5 Å². The predicted molar refractivity (Wildman–Crippen MR) is 63.5 cm³/mol. The van der Waals surface area contributed by atoms with E-state index in [1.165, 1.54) is 0 Å². The second kappa shape index (κ2) is 4.69. The van der Waals surface area contributed by atoms with E-state index >= 15 is 0 Å². The van der Waals surface area contributed by atoms with Crippen molar-refractivity contribution in [3.63, 3.8) is 0 Å². The quantitative estimate of drug-likeness (QED) is 0.857. The Kier molecular flexibility index (Phi) is 2.90. The highest BCUT2D eigenvalue weighted by Gasteiger charge is 2.20. The van der Waals surface area contributed by atoms with Gasteiger partial charge in [-0.05, 0) is 12.1 Å². The zero-order chi connectivity index (χ0) is 11.5. The van der Waals surface area contributed by atoms with Crippen molar-refractivity contribution in [2.45, 2.75) is 6.10 Å². The number of nitrogens with zero attached hydrogens (tertiary/aromatic N) is 1. The third-order valence-corrected chi connectivity index (χ3v) is 2.79. The van der Waals surface area contributed by atoms with Gasteiger partial charge in [-0.2, -0.15) is 0 Å². The minimum atomic E-state index is -0.0197. The molecule has 1 aromatic carbocycles. The molecule has 0 radical (unpaired) electrons. The first-order chi connectivity index (χ1) is 8.43. The minimum absolute atomic E-state index is 0.0197. The molecule has 1 aromatic heterocycles. The van der Waals surface area contributed by atoms with Gasteiger partial charge >= 0.3 is 0 Å². The summed E-state index contributed by atoms with van der Waals surface area (Å²) in [5.74, 6) is 1.44. The van der Waals surface area contributed by atoms with E-state index in [4.69, 9.17) is 9.15 Å². The van der Waals surface area contributed by atoms with E-state index in [-0.39, 0.29) is 6.10 Å². The Hall–Kier alpha value is -1.65. The highest BCUT2D eigenvalue weighted by Crippen LogP contribution is 2.24. The summed E-state index contributed by atoms with van der Waals surface area (Å²) in [4.78, 5) is 4.29. The number of rotatable bonds is 2. The van der Waals surface area contributed by atoms with Crippen molar-refractivity contribution in [1.82, 2.24) is 10.3 Å². The third kappa shape index (κ3) is 2.23. The maximum absolute atomic E-state index is 5.73. The van der Waals surface area contributed by atoms with Gasteiger partial charge in [0.2, 0.25) is 5.89 Å². The largest absolute Gasteiger partial charge is 0.438 e. The topological polar surface area (TPSA) is 47.3 Å². The molecule has 1 saturated heterocycles. The Morgan fingerprint density at radius 1 is 1.24 bits per heavy atom. The average Bonchev–Trinajstić information content (AvgIpc) is 2.90. The third-order valence-electron chi connectivity index (χ3n) is 2.79. The SMILES string of the molecule is c1ccc(-c2ncc(C3CNCCO3)o2)cc1. The van der Waals surface area contributed by atoms with Crippen LogP contribution < -0.4 is 5.32 Å². The smallest absolute Gasteiger partial charge is 0.226 e. The Bertz CT molecular complexity index is 475. The van der Waals surface area contributed by atoms with Gasteiger partial charge in [-0.15, -0.1) is 0 Å². The van der Waals surface area contributed by atoms with Gasteiger partial charge in [0.25, 0.3) is 0 Å². The Morgan fingerprint density at radius 3 is 2.88 bits per heavy atom. The average molecular weight is 230 g/mol. The van der Waals surface area contributed by atoms with Crippen LogP contribution in [0.1, 0.15) is 11.9 Å². The Balaban J connectivity index is 1.83. The number of morpholine rings is 1. The number of oxazole rings is 1. The van der Waals surface area contributed by atoms with Gasteiger partial charge in [0.15, 0.2) is 5.76 Å². The lowest BCUT2D eigenvalue weighted by atomic mass is 10.2. The zero-order valence-electron chi connectivity index (χ0n) is 9.43. The standard InChI is InChI=1S/C13H14N2O2/c1-2-4-10(5-3-1)13-15-9-12(17-13)11-8-14-6-7-16-11/h1-5,9,11,14H,6-8H2. The number of benzene rings is 1. The van der Waals surface area contributed by atoms with Crippen molar-refractivity contribution in [2.75, 3.05) is 19.7 Å². The summed E-state index contributed by atoms with van der Waals surface area (Å²) in [5.41, 5.74) is 0.988. The van der Waals surface area contributed by atoms with E-state index in [1.54, 1.807) is 6.20 Å². The molecule has 88 valence electrons. The minimum Gasteiger partial charge on any atom is -0.438 e. The van der Waals surface area contributed by atoms with Crippen molar-refractivity contribution in [2.24, 2.45) is 0 Å². The van der Waals surface area contributed by atoms with Crippen LogP contribution in [0.3, 0.4) is 0 Å². The summed E-state index contributed by atoms with van der Waals surface area (Å²) in [7, 11) is 0. The Labute approximate surface area is 99.6 Å². The van der Waals surface area contributed by atoms with Gasteiger partial charge in [-0.25, -0.2) is 4.98 Å². The second-order valence-electron chi connectivity index (χ2n) is 4.00. The molecule has 4 nitrogen and oxygen atoms in total. The summed E-state index contributed by atoms with van der Waals surface area (Å²) in [6, 6.07) is 9.88. The van der Waals surface area contributed by atoms with Crippen LogP contribution in [-0.2, 0) is 4.74 Å². The van der Waals surface area contributed by atoms with E-state index in [0.29, 0.717) is 12.5 Å². The molecule has 1 N–H and O–H groups in total. The number of ether oxygens (including phenoxy) is 1. The summed E-state index contributed by atoms with van der Waals surface area (Å²) >= 11 is 0. The lowest BCUT2D eigenvalue weighted by Crippen LogP contribution is -2.33. The molecule has 1 unspecified atom stereocenters. The lowest BCUT2D eigenvalue weighted by Gasteiger charge is -2.21. The van der Waals surface area contributed by atoms with E-state index in [9.17, 15) is 0 Å². The number of hydrogen-bond acceptors (Lipinski definition) is 4. The maximum Gasteiger partial charge on any atom is 0.226 e. The van der Waals surface area contributed by atoms with Crippen LogP contribution in [0.15, 0.2) is 40.9 Å². The maximum atomic E-state index is 5.73. The number of aromatic nitrogens is 1. The number of hydrogen-bond donors (Lipinski definition) is 1. The summed E-state index contributed by atoms with van der Waals surface area (Å²) in [5, 5.41) is 3.27. The zero-order valence-corrected chi connectivity index (χ0v) is 9.43. The molecule has 0 amide bonds. The van der Waals surface area contributed by atoms with Crippen LogP contribution in [0.2, 0.25) is 0 Å². The van der Waals surface area contributed by atoms with Gasteiger partial charge in [0.05, 0.1) is 12.8 Å². The molecule has 0 aliphatic carbocycles. The molecular weight excluding hydrogens is 216 g/mol. The fraction of sp³-hybridized carbons (Fsp3) is 0.308. The molecule has 17 heavy (non-hydrogen) atoms. The van der Waals surface area contributed by atoms with Crippen LogP contribution in [-0.4, -0.2) is 24.7 Å². The lowest BCUT2D eigenvalue weighted by molar-refractivity contribution is 0.0146. The molecule has 4 heteroatoms. The van der Waals surface area contributed by atoms with Gasteiger partial charge < -0.3 is 14.5 Å². The molecule has 2 heterocycles. The molecule has 0 saturated carbocycles. The van der Waals surface area contributed by atoms with Crippen LogP contribution in [0.5, 0.6) is 0 Å². The summed E-state index contributed by atoms with van der Waals surface area (Å²) in [6.07, 6.45) is 1.73. The molecule has 1 aliphatic heterocycles. The van der Waals surface area contributed by atoms with E-state index in [1.807, 2.05) is 30.3 Å². The fourth-order valence-corrected chi connectivity index (χ4v) is 1.90. The van der Waals surface area contributed by atoms with Crippen molar-refractivity contribution in [1.29, 1.82) is 0 Å². The van der Waals surface area contributed by atoms with Crippen LogP contribution in [0, 0.1) is 0 Å². The van der Waals surface area contributed by atoms with Crippen molar-refractivity contribution in [3.05, 3.63) is 42.3 Å². The molecule has 1 atom stereocenters. The highest BCUT2D eigenvalue weighted by atomic mass is 16.5. The summed E-state index contributed by atoms with van der Waals surface area (Å²) in [6.45, 7) is 2.39. The fourth-order valence-electron chi connectivity index (χ4n) is 1.90. The molecule has 3 rings (SSSR count). The monoisotopic (exact) mass is 230 g/mol. The first-order valence-corrected chi connectivity index (χ1v) is 5.77. The summed E-state index contributed by atoms with van der Waals surface area (Å²) < 4.78 is 11.3.